The first-order chi connectivity index (χ1) is 8.77. The van der Waals surface area contributed by atoms with Crippen molar-refractivity contribution in [1.82, 2.24) is 0 Å². The molecule has 0 fully saturated rings. The summed E-state index contributed by atoms with van der Waals surface area (Å²) in [6.07, 6.45) is 0. The van der Waals surface area contributed by atoms with Gasteiger partial charge in [-0.3, -0.25) is 0 Å². The number of anilines is 1. The highest BCUT2D eigenvalue weighted by Gasteiger charge is 2.02. The zero-order valence-corrected chi connectivity index (χ0v) is 11.1. The van der Waals surface area contributed by atoms with Gasteiger partial charge in [-0.25, -0.2) is 0 Å². The molecular formula is C15H16ClNO. The topological polar surface area (TPSA) is 12.5 Å². The minimum Gasteiger partial charge on any atom is -0.490 e. The molecular weight excluding hydrogens is 246 g/mol. The molecule has 0 N–H and O–H groups in total. The Labute approximate surface area is 113 Å². The highest BCUT2D eigenvalue weighted by atomic mass is 35.5. The molecule has 2 aromatic rings. The number of benzene rings is 2. The minimum atomic E-state index is 0.606. The SMILES string of the molecule is CN(CCOc1ccccc1Cl)c1ccccc1. The fourth-order valence-electron chi connectivity index (χ4n) is 1.67. The van der Waals surface area contributed by atoms with Gasteiger partial charge in [0.1, 0.15) is 12.4 Å². The number of nitrogens with zero attached hydrogens (tertiary/aromatic N) is 1. The number of para-hydroxylation sites is 2. The molecule has 0 atom stereocenters. The maximum absolute atomic E-state index is 6.02. The van der Waals surface area contributed by atoms with Gasteiger partial charge in [-0.1, -0.05) is 41.9 Å². The molecule has 0 aliphatic carbocycles. The van der Waals surface area contributed by atoms with E-state index in [1.54, 1.807) is 0 Å². The lowest BCUT2D eigenvalue weighted by Crippen LogP contribution is -2.23. The summed E-state index contributed by atoms with van der Waals surface area (Å²) in [5.74, 6) is 0.737. The van der Waals surface area contributed by atoms with Gasteiger partial charge >= 0.3 is 0 Å². The molecule has 0 aliphatic rings. The summed E-state index contributed by atoms with van der Waals surface area (Å²) in [5.41, 5.74) is 1.18. The molecule has 3 heteroatoms. The first-order valence-electron chi connectivity index (χ1n) is 5.91. The van der Waals surface area contributed by atoms with Crippen LogP contribution in [0, 0.1) is 0 Å². The van der Waals surface area contributed by atoms with Gasteiger partial charge in [0.15, 0.2) is 0 Å². The van der Waals surface area contributed by atoms with Gasteiger partial charge in [0, 0.05) is 12.7 Å². The summed E-state index contributed by atoms with van der Waals surface area (Å²) >= 11 is 6.02. The molecule has 0 saturated carbocycles. The van der Waals surface area contributed by atoms with Crippen molar-refractivity contribution in [2.24, 2.45) is 0 Å². The fourth-order valence-corrected chi connectivity index (χ4v) is 1.86. The van der Waals surface area contributed by atoms with E-state index in [0.29, 0.717) is 11.6 Å². The van der Waals surface area contributed by atoms with E-state index >= 15 is 0 Å². The number of ether oxygens (including phenoxy) is 1. The van der Waals surface area contributed by atoms with Gasteiger partial charge in [0.05, 0.1) is 11.6 Å². The molecule has 2 rings (SSSR count). The van der Waals surface area contributed by atoms with Crippen molar-refractivity contribution < 1.29 is 4.74 Å². The summed E-state index contributed by atoms with van der Waals surface area (Å²) in [6.45, 7) is 1.42. The molecule has 2 aromatic carbocycles. The van der Waals surface area contributed by atoms with E-state index in [1.807, 2.05) is 49.5 Å². The molecule has 0 saturated heterocycles. The van der Waals surface area contributed by atoms with Crippen LogP contribution in [0.2, 0.25) is 5.02 Å². The predicted molar refractivity (Wildman–Crippen MR) is 76.7 cm³/mol. The molecule has 94 valence electrons. The normalized spacial score (nSPS) is 10.1. The van der Waals surface area contributed by atoms with Crippen molar-refractivity contribution in [2.75, 3.05) is 25.1 Å². The largest absolute Gasteiger partial charge is 0.490 e. The van der Waals surface area contributed by atoms with Crippen LogP contribution < -0.4 is 9.64 Å². The Morgan fingerprint density at radius 2 is 1.67 bits per heavy atom. The third kappa shape index (κ3) is 3.41. The number of halogens is 1. The average Bonchev–Trinajstić information content (AvgIpc) is 2.42. The van der Waals surface area contributed by atoms with Crippen molar-refractivity contribution >= 4 is 17.3 Å². The van der Waals surface area contributed by atoms with Crippen molar-refractivity contribution in [2.45, 2.75) is 0 Å². The van der Waals surface area contributed by atoms with Crippen molar-refractivity contribution in [3.05, 3.63) is 59.6 Å². The van der Waals surface area contributed by atoms with E-state index in [-0.39, 0.29) is 0 Å². The number of hydrogen-bond acceptors (Lipinski definition) is 2. The standard InChI is InChI=1S/C15H16ClNO/c1-17(13-7-3-2-4-8-13)11-12-18-15-10-6-5-9-14(15)16/h2-10H,11-12H2,1H3. The quantitative estimate of drug-likeness (QED) is 0.811. The zero-order chi connectivity index (χ0) is 12.8. The van der Waals surface area contributed by atoms with Crippen LogP contribution in [0.3, 0.4) is 0 Å². The molecule has 18 heavy (non-hydrogen) atoms. The molecule has 0 heterocycles. The van der Waals surface area contributed by atoms with E-state index < -0.39 is 0 Å². The molecule has 0 aliphatic heterocycles. The Morgan fingerprint density at radius 1 is 1.00 bits per heavy atom. The summed E-state index contributed by atoms with van der Waals surface area (Å²) in [5, 5.41) is 0.653. The summed E-state index contributed by atoms with van der Waals surface area (Å²) in [4.78, 5) is 2.15. The third-order valence-corrected chi connectivity index (χ3v) is 3.03. The van der Waals surface area contributed by atoms with Gasteiger partial charge in [0.2, 0.25) is 0 Å². The Bertz CT molecular complexity index is 487. The lowest BCUT2D eigenvalue weighted by Gasteiger charge is -2.19. The molecule has 0 spiro atoms. The second-order valence-corrected chi connectivity index (χ2v) is 4.44. The highest BCUT2D eigenvalue weighted by Crippen LogP contribution is 2.23. The van der Waals surface area contributed by atoms with E-state index in [2.05, 4.69) is 17.0 Å². The van der Waals surface area contributed by atoms with Gasteiger partial charge < -0.3 is 9.64 Å². The second kappa shape index (κ2) is 6.31. The van der Waals surface area contributed by atoms with Crippen LogP contribution in [0.25, 0.3) is 0 Å². The zero-order valence-electron chi connectivity index (χ0n) is 10.3. The molecule has 0 amide bonds. The van der Waals surface area contributed by atoms with Gasteiger partial charge in [-0.05, 0) is 24.3 Å². The Kier molecular flexibility index (Phi) is 4.48. The highest BCUT2D eigenvalue weighted by molar-refractivity contribution is 6.32. The second-order valence-electron chi connectivity index (χ2n) is 4.04. The van der Waals surface area contributed by atoms with Gasteiger partial charge in [-0.15, -0.1) is 0 Å². The number of hydrogen-bond donors (Lipinski definition) is 0. The van der Waals surface area contributed by atoms with Gasteiger partial charge in [-0.2, -0.15) is 0 Å². The smallest absolute Gasteiger partial charge is 0.137 e. The molecule has 0 bridgehead atoms. The Balaban J connectivity index is 1.84. The van der Waals surface area contributed by atoms with Crippen molar-refractivity contribution in [3.63, 3.8) is 0 Å². The summed E-state index contributed by atoms with van der Waals surface area (Å²) in [7, 11) is 2.05. The van der Waals surface area contributed by atoms with Gasteiger partial charge in [0.25, 0.3) is 0 Å². The van der Waals surface area contributed by atoms with Crippen LogP contribution in [0.1, 0.15) is 0 Å². The van der Waals surface area contributed by atoms with Crippen LogP contribution in [-0.4, -0.2) is 20.2 Å². The summed E-state index contributed by atoms with van der Waals surface area (Å²) in [6, 6.07) is 17.8. The molecule has 0 unspecified atom stereocenters. The molecule has 0 radical (unpaired) electrons. The minimum absolute atomic E-state index is 0.606. The van der Waals surface area contributed by atoms with E-state index in [4.69, 9.17) is 16.3 Å². The van der Waals surface area contributed by atoms with Crippen LogP contribution in [-0.2, 0) is 0 Å². The van der Waals surface area contributed by atoms with Crippen LogP contribution in [0.4, 0.5) is 5.69 Å². The van der Waals surface area contributed by atoms with Crippen LogP contribution in [0.5, 0.6) is 5.75 Å². The first-order valence-corrected chi connectivity index (χ1v) is 6.28. The van der Waals surface area contributed by atoms with Crippen molar-refractivity contribution in [3.8, 4) is 5.75 Å². The van der Waals surface area contributed by atoms with Crippen LogP contribution in [0.15, 0.2) is 54.6 Å². The fraction of sp³-hybridized carbons (Fsp3) is 0.200. The summed E-state index contributed by atoms with van der Waals surface area (Å²) < 4.78 is 5.66. The van der Waals surface area contributed by atoms with E-state index in [1.165, 1.54) is 5.69 Å². The van der Waals surface area contributed by atoms with E-state index in [0.717, 1.165) is 12.3 Å². The number of likely N-dealkylation sites (N-methyl/N-ethyl adjacent to an activating group) is 1. The Morgan fingerprint density at radius 3 is 2.39 bits per heavy atom. The lowest BCUT2D eigenvalue weighted by atomic mass is 10.3. The Hall–Kier alpha value is -1.67. The lowest BCUT2D eigenvalue weighted by molar-refractivity contribution is 0.326. The monoisotopic (exact) mass is 261 g/mol. The molecule has 0 aromatic heterocycles. The molecule has 2 nitrogen and oxygen atoms in total. The van der Waals surface area contributed by atoms with Crippen LogP contribution >= 0.6 is 11.6 Å². The first kappa shape index (κ1) is 12.8. The number of rotatable bonds is 5. The maximum atomic E-state index is 6.02. The maximum Gasteiger partial charge on any atom is 0.137 e. The van der Waals surface area contributed by atoms with Crippen molar-refractivity contribution in [1.29, 1.82) is 0 Å². The third-order valence-electron chi connectivity index (χ3n) is 2.72. The van der Waals surface area contributed by atoms with E-state index in [9.17, 15) is 0 Å². The average molecular weight is 262 g/mol. The predicted octanol–water partition coefficient (Wildman–Crippen LogP) is 3.86.